The van der Waals surface area contributed by atoms with Crippen LogP contribution in [0.4, 0.5) is 0 Å². The highest BCUT2D eigenvalue weighted by Crippen LogP contribution is 2.40. The van der Waals surface area contributed by atoms with Crippen LogP contribution in [0.1, 0.15) is 63.3 Å². The lowest BCUT2D eigenvalue weighted by molar-refractivity contribution is 0.0796. The molecule has 1 amide bonds. The van der Waals surface area contributed by atoms with Crippen LogP contribution in [0, 0.1) is 5.41 Å². The van der Waals surface area contributed by atoms with E-state index in [2.05, 4.69) is 39.8 Å². The molecule has 3 nitrogen and oxygen atoms in total. The van der Waals surface area contributed by atoms with Gasteiger partial charge < -0.3 is 9.32 Å². The average Bonchev–Trinajstić information content (AvgIpc) is 2.93. The number of carbonyl (C=O) groups is 1. The molecule has 1 aromatic heterocycles. The van der Waals surface area contributed by atoms with Gasteiger partial charge in [0.25, 0.3) is 5.91 Å². The number of rotatable bonds is 4. The van der Waals surface area contributed by atoms with Gasteiger partial charge in [0.05, 0.1) is 0 Å². The van der Waals surface area contributed by atoms with Gasteiger partial charge in [0.2, 0.25) is 0 Å². The van der Waals surface area contributed by atoms with E-state index in [9.17, 15) is 4.79 Å². The zero-order valence-corrected chi connectivity index (χ0v) is 15.8. The lowest BCUT2D eigenvalue weighted by Crippen LogP contribution is -2.20. The maximum atomic E-state index is 11.9. The van der Waals surface area contributed by atoms with E-state index >= 15 is 0 Å². The van der Waals surface area contributed by atoms with Crippen molar-refractivity contribution in [1.29, 1.82) is 0 Å². The summed E-state index contributed by atoms with van der Waals surface area (Å²) in [6.07, 6.45) is 10.1. The van der Waals surface area contributed by atoms with E-state index in [1.165, 1.54) is 35.3 Å². The zero-order chi connectivity index (χ0) is 17.9. The van der Waals surface area contributed by atoms with Gasteiger partial charge in [-0.25, -0.2) is 0 Å². The van der Waals surface area contributed by atoms with Crippen molar-refractivity contribution >= 4 is 12.0 Å². The Hall–Kier alpha value is -2.03. The summed E-state index contributed by atoms with van der Waals surface area (Å²) in [5.74, 6) is 0.957. The van der Waals surface area contributed by atoms with Gasteiger partial charge in [-0.1, -0.05) is 31.6 Å². The molecule has 0 aromatic carbocycles. The smallest absolute Gasteiger partial charge is 0.289 e. The Morgan fingerprint density at radius 3 is 2.62 bits per heavy atom. The van der Waals surface area contributed by atoms with Crippen molar-refractivity contribution < 1.29 is 9.21 Å². The number of hydrogen-bond donors (Lipinski definition) is 0. The highest BCUT2D eigenvalue weighted by Gasteiger charge is 2.26. The minimum absolute atomic E-state index is 0.118. The minimum atomic E-state index is -0.118. The Balaban J connectivity index is 2.16. The Bertz CT molecular complexity index is 699. The molecule has 1 aliphatic rings. The third-order valence-electron chi connectivity index (χ3n) is 4.67. The van der Waals surface area contributed by atoms with Crippen LogP contribution in [0.15, 0.2) is 45.4 Å². The first-order valence-corrected chi connectivity index (χ1v) is 8.59. The Morgan fingerprint density at radius 2 is 2.00 bits per heavy atom. The van der Waals surface area contributed by atoms with Crippen molar-refractivity contribution in [2.24, 2.45) is 5.41 Å². The number of furan rings is 1. The molecule has 3 heteroatoms. The molecule has 0 fully saturated rings. The molecule has 0 unspecified atom stereocenters. The normalized spacial score (nSPS) is 18.3. The second-order valence-corrected chi connectivity index (χ2v) is 7.55. The molecule has 1 aliphatic carbocycles. The Kier molecular flexibility index (Phi) is 5.53. The monoisotopic (exact) mass is 327 g/mol. The van der Waals surface area contributed by atoms with Crippen molar-refractivity contribution in [3.8, 4) is 0 Å². The third kappa shape index (κ3) is 4.28. The average molecular weight is 327 g/mol. The fraction of sp³-hybridized carbons (Fsp3) is 0.476. The van der Waals surface area contributed by atoms with Crippen LogP contribution < -0.4 is 0 Å². The van der Waals surface area contributed by atoms with Crippen LogP contribution >= 0.6 is 0 Å². The molecule has 0 spiro atoms. The molecule has 0 saturated heterocycles. The molecular formula is C21H29NO2. The van der Waals surface area contributed by atoms with Gasteiger partial charge in [0, 0.05) is 14.1 Å². The van der Waals surface area contributed by atoms with E-state index < -0.39 is 0 Å². The highest BCUT2D eigenvalue weighted by molar-refractivity contribution is 5.91. The summed E-state index contributed by atoms with van der Waals surface area (Å²) in [4.78, 5) is 13.4. The van der Waals surface area contributed by atoms with E-state index in [-0.39, 0.29) is 11.3 Å². The van der Waals surface area contributed by atoms with Crippen molar-refractivity contribution in [2.45, 2.75) is 47.0 Å². The lowest BCUT2D eigenvalue weighted by atomic mass is 9.72. The molecule has 0 atom stereocenters. The standard InChI is InChI=1S/C21H29NO2/c1-15(9-11-18-16(2)8-7-13-21(18,3)4)14-17-10-12-19(24-17)20(23)22(5)6/h9-12,14H,7-8,13H2,1-6H3. The van der Waals surface area contributed by atoms with Gasteiger partial charge in [-0.15, -0.1) is 0 Å². The first kappa shape index (κ1) is 18.3. The molecule has 0 aliphatic heterocycles. The zero-order valence-electron chi connectivity index (χ0n) is 15.8. The maximum absolute atomic E-state index is 11.9. The molecule has 0 N–H and O–H groups in total. The summed E-state index contributed by atoms with van der Waals surface area (Å²) < 4.78 is 5.62. The summed E-state index contributed by atoms with van der Waals surface area (Å²) in [7, 11) is 3.44. The largest absolute Gasteiger partial charge is 0.452 e. The fourth-order valence-corrected chi connectivity index (χ4v) is 3.26. The van der Waals surface area contributed by atoms with E-state index in [1.807, 2.05) is 12.1 Å². The van der Waals surface area contributed by atoms with Crippen molar-refractivity contribution in [3.63, 3.8) is 0 Å². The number of nitrogens with zero attached hydrogens (tertiary/aromatic N) is 1. The van der Waals surface area contributed by atoms with E-state index in [1.54, 1.807) is 20.2 Å². The Labute approximate surface area is 145 Å². The first-order chi connectivity index (χ1) is 11.2. The third-order valence-corrected chi connectivity index (χ3v) is 4.67. The molecule has 0 bridgehead atoms. The molecule has 1 heterocycles. The van der Waals surface area contributed by atoms with Crippen LogP contribution in [-0.2, 0) is 0 Å². The van der Waals surface area contributed by atoms with Crippen molar-refractivity contribution in [1.82, 2.24) is 4.90 Å². The van der Waals surface area contributed by atoms with Gasteiger partial charge in [-0.3, -0.25) is 4.79 Å². The van der Waals surface area contributed by atoms with Gasteiger partial charge >= 0.3 is 0 Å². The van der Waals surface area contributed by atoms with Crippen LogP contribution in [0.25, 0.3) is 6.08 Å². The van der Waals surface area contributed by atoms with Crippen LogP contribution in [0.3, 0.4) is 0 Å². The summed E-state index contributed by atoms with van der Waals surface area (Å²) in [6.45, 7) is 8.93. The number of amides is 1. The SMILES string of the molecule is CC(C=CC1=C(C)CCCC1(C)C)=Cc1ccc(C(=O)N(C)C)o1. The maximum Gasteiger partial charge on any atom is 0.289 e. The van der Waals surface area contributed by atoms with Crippen molar-refractivity contribution in [2.75, 3.05) is 14.1 Å². The van der Waals surface area contributed by atoms with Crippen LogP contribution in [0.5, 0.6) is 0 Å². The fourth-order valence-electron chi connectivity index (χ4n) is 3.26. The minimum Gasteiger partial charge on any atom is -0.452 e. The molecule has 1 aromatic rings. The van der Waals surface area contributed by atoms with Crippen molar-refractivity contribution in [3.05, 3.63) is 52.5 Å². The number of allylic oxidation sites excluding steroid dienone is 5. The highest BCUT2D eigenvalue weighted by atomic mass is 16.3. The van der Waals surface area contributed by atoms with Gasteiger partial charge in [0.15, 0.2) is 5.76 Å². The summed E-state index contributed by atoms with van der Waals surface area (Å²) in [5, 5.41) is 0. The molecule has 2 rings (SSSR count). The summed E-state index contributed by atoms with van der Waals surface area (Å²) in [6, 6.07) is 3.56. The van der Waals surface area contributed by atoms with Gasteiger partial charge in [-0.2, -0.15) is 0 Å². The number of carbonyl (C=O) groups excluding carboxylic acids is 1. The second-order valence-electron chi connectivity index (χ2n) is 7.55. The predicted octanol–water partition coefficient (Wildman–Crippen LogP) is 5.47. The molecule has 130 valence electrons. The molecule has 24 heavy (non-hydrogen) atoms. The van der Waals surface area contributed by atoms with E-state index in [0.29, 0.717) is 11.5 Å². The van der Waals surface area contributed by atoms with Gasteiger partial charge in [-0.05, 0) is 67.9 Å². The van der Waals surface area contributed by atoms with Crippen LogP contribution in [0.2, 0.25) is 0 Å². The predicted molar refractivity (Wildman–Crippen MR) is 99.8 cm³/mol. The molecular weight excluding hydrogens is 298 g/mol. The summed E-state index contributed by atoms with van der Waals surface area (Å²) in [5.41, 5.74) is 4.29. The molecule has 0 saturated carbocycles. The van der Waals surface area contributed by atoms with E-state index in [0.717, 1.165) is 5.57 Å². The topological polar surface area (TPSA) is 33.5 Å². The second kappa shape index (κ2) is 7.25. The number of hydrogen-bond acceptors (Lipinski definition) is 2. The van der Waals surface area contributed by atoms with Gasteiger partial charge in [0.1, 0.15) is 5.76 Å². The van der Waals surface area contributed by atoms with E-state index in [4.69, 9.17) is 4.42 Å². The Morgan fingerprint density at radius 1 is 1.29 bits per heavy atom. The lowest BCUT2D eigenvalue weighted by Gasteiger charge is -2.32. The van der Waals surface area contributed by atoms with Crippen LogP contribution in [-0.4, -0.2) is 24.9 Å². The molecule has 0 radical (unpaired) electrons. The quantitative estimate of drug-likeness (QED) is 0.687. The first-order valence-electron chi connectivity index (χ1n) is 8.59. The summed E-state index contributed by atoms with van der Waals surface area (Å²) >= 11 is 0.